The van der Waals surface area contributed by atoms with E-state index < -0.39 is 0 Å². The minimum Gasteiger partial charge on any atom is -0.102 e. The number of hydrogen-bond acceptors (Lipinski definition) is 0. The van der Waals surface area contributed by atoms with Crippen LogP contribution in [-0.4, -0.2) is 0 Å². The lowest BCUT2D eigenvalue weighted by Gasteiger charge is -2.57. The summed E-state index contributed by atoms with van der Waals surface area (Å²) < 4.78 is 0. The predicted molar refractivity (Wildman–Crippen MR) is 87.5 cm³/mol. The molecule has 0 aromatic heterocycles. The van der Waals surface area contributed by atoms with Crippen molar-refractivity contribution in [1.29, 1.82) is 0 Å². The summed E-state index contributed by atoms with van der Waals surface area (Å²) in [5.74, 6) is 1.52. The Morgan fingerprint density at radius 2 is 1.90 bits per heavy atom. The molecule has 0 saturated heterocycles. The minimum absolute atomic E-state index is 0.212. The Balaban J connectivity index is 2.04. The molecule has 1 fully saturated rings. The molecule has 0 spiro atoms. The zero-order valence-corrected chi connectivity index (χ0v) is 13.7. The average molecular weight is 270 g/mol. The van der Waals surface area contributed by atoms with Gasteiger partial charge in [-0.3, -0.25) is 0 Å². The summed E-state index contributed by atoms with van der Waals surface area (Å²) in [6, 6.07) is 0. The van der Waals surface area contributed by atoms with E-state index in [1.165, 1.54) is 32.1 Å². The van der Waals surface area contributed by atoms with Crippen LogP contribution in [0.15, 0.2) is 36.5 Å². The van der Waals surface area contributed by atoms with Crippen LogP contribution in [0, 0.1) is 28.1 Å². The maximum atomic E-state index is 4.05. The van der Waals surface area contributed by atoms with Gasteiger partial charge >= 0.3 is 0 Å². The van der Waals surface area contributed by atoms with Gasteiger partial charge in [-0.25, -0.2) is 0 Å². The van der Waals surface area contributed by atoms with Crippen molar-refractivity contribution in [2.75, 3.05) is 0 Å². The summed E-state index contributed by atoms with van der Waals surface area (Å²) in [4.78, 5) is 0. The van der Waals surface area contributed by atoms with E-state index in [-0.39, 0.29) is 5.41 Å². The SMILES string of the molecule is C=C[C@]1(C)C=C2C=C[C@H]3C(C)(C)CCC[C@]3(C)[C@H]2CC1. The van der Waals surface area contributed by atoms with Gasteiger partial charge in [0.1, 0.15) is 0 Å². The van der Waals surface area contributed by atoms with Crippen LogP contribution in [0.2, 0.25) is 0 Å². The molecule has 0 aromatic carbocycles. The van der Waals surface area contributed by atoms with Crippen molar-refractivity contribution in [2.24, 2.45) is 28.1 Å². The highest BCUT2D eigenvalue weighted by molar-refractivity contribution is 5.36. The molecule has 110 valence electrons. The van der Waals surface area contributed by atoms with Crippen LogP contribution < -0.4 is 0 Å². The van der Waals surface area contributed by atoms with Crippen molar-refractivity contribution in [3.05, 3.63) is 36.5 Å². The van der Waals surface area contributed by atoms with Gasteiger partial charge in [0.15, 0.2) is 0 Å². The number of rotatable bonds is 1. The lowest BCUT2D eigenvalue weighted by Crippen LogP contribution is -2.48. The topological polar surface area (TPSA) is 0 Å². The largest absolute Gasteiger partial charge is 0.102 e. The second-order valence-corrected chi connectivity index (χ2v) is 8.63. The highest BCUT2D eigenvalue weighted by Gasteiger charge is 2.52. The van der Waals surface area contributed by atoms with Crippen LogP contribution in [-0.2, 0) is 0 Å². The summed E-state index contributed by atoms with van der Waals surface area (Å²) in [6.45, 7) is 13.9. The Kier molecular flexibility index (Phi) is 3.09. The van der Waals surface area contributed by atoms with Crippen LogP contribution in [0.4, 0.5) is 0 Å². The van der Waals surface area contributed by atoms with Gasteiger partial charge in [0.2, 0.25) is 0 Å². The monoisotopic (exact) mass is 270 g/mol. The number of allylic oxidation sites excluding steroid dienone is 5. The Bertz CT molecular complexity index is 478. The molecule has 3 aliphatic carbocycles. The average Bonchev–Trinajstić information content (AvgIpc) is 2.37. The zero-order valence-electron chi connectivity index (χ0n) is 13.7. The van der Waals surface area contributed by atoms with E-state index in [2.05, 4.69) is 58.6 Å². The Hall–Kier alpha value is -0.780. The van der Waals surface area contributed by atoms with Crippen molar-refractivity contribution < 1.29 is 0 Å². The molecule has 1 saturated carbocycles. The van der Waals surface area contributed by atoms with Crippen LogP contribution in [0.25, 0.3) is 0 Å². The lowest BCUT2D eigenvalue weighted by atomic mass is 9.47. The third kappa shape index (κ3) is 1.95. The summed E-state index contributed by atoms with van der Waals surface area (Å²) in [5.41, 5.74) is 2.75. The number of fused-ring (bicyclic) bond motifs is 3. The quantitative estimate of drug-likeness (QED) is 0.519. The highest BCUT2D eigenvalue weighted by atomic mass is 14.6. The van der Waals surface area contributed by atoms with Crippen molar-refractivity contribution in [3.63, 3.8) is 0 Å². The van der Waals surface area contributed by atoms with Crippen molar-refractivity contribution in [3.8, 4) is 0 Å². The molecule has 0 unspecified atom stereocenters. The van der Waals surface area contributed by atoms with E-state index in [1.54, 1.807) is 5.57 Å². The van der Waals surface area contributed by atoms with Crippen LogP contribution in [0.3, 0.4) is 0 Å². The second-order valence-electron chi connectivity index (χ2n) is 8.63. The van der Waals surface area contributed by atoms with Crippen LogP contribution in [0.1, 0.15) is 59.8 Å². The van der Waals surface area contributed by atoms with Gasteiger partial charge in [-0.1, -0.05) is 58.4 Å². The van der Waals surface area contributed by atoms with Crippen molar-refractivity contribution in [2.45, 2.75) is 59.8 Å². The van der Waals surface area contributed by atoms with Gasteiger partial charge in [-0.15, -0.1) is 6.58 Å². The molecule has 3 rings (SSSR count). The Morgan fingerprint density at radius 1 is 1.15 bits per heavy atom. The summed E-state index contributed by atoms with van der Waals surface area (Å²) in [7, 11) is 0. The zero-order chi connectivity index (χ0) is 14.6. The molecule has 0 bridgehead atoms. The normalized spacial score (nSPS) is 46.1. The first-order valence-corrected chi connectivity index (χ1v) is 8.35. The molecule has 3 aliphatic rings. The third-order valence-electron chi connectivity index (χ3n) is 6.70. The maximum absolute atomic E-state index is 4.05. The number of hydrogen-bond donors (Lipinski definition) is 0. The molecule has 0 heteroatoms. The molecular weight excluding hydrogens is 240 g/mol. The molecule has 0 N–H and O–H groups in total. The van der Waals surface area contributed by atoms with Crippen LogP contribution in [0.5, 0.6) is 0 Å². The fourth-order valence-electron chi connectivity index (χ4n) is 5.42. The Labute approximate surface area is 125 Å². The molecule has 0 heterocycles. The smallest absolute Gasteiger partial charge is 0.00361 e. The third-order valence-corrected chi connectivity index (χ3v) is 6.70. The molecule has 4 atom stereocenters. The molecule has 0 aliphatic heterocycles. The maximum Gasteiger partial charge on any atom is 0.00361 e. The van der Waals surface area contributed by atoms with E-state index >= 15 is 0 Å². The van der Waals surface area contributed by atoms with Gasteiger partial charge in [0, 0.05) is 5.41 Å². The van der Waals surface area contributed by atoms with E-state index in [0.29, 0.717) is 10.8 Å². The molecule has 0 nitrogen and oxygen atoms in total. The fourth-order valence-corrected chi connectivity index (χ4v) is 5.42. The predicted octanol–water partition coefficient (Wildman–Crippen LogP) is 5.92. The summed E-state index contributed by atoms with van der Waals surface area (Å²) in [5, 5.41) is 0. The highest BCUT2D eigenvalue weighted by Crippen LogP contribution is 2.61. The van der Waals surface area contributed by atoms with Gasteiger partial charge < -0.3 is 0 Å². The molecule has 0 radical (unpaired) electrons. The Morgan fingerprint density at radius 3 is 2.60 bits per heavy atom. The van der Waals surface area contributed by atoms with Crippen molar-refractivity contribution in [1.82, 2.24) is 0 Å². The first-order chi connectivity index (χ1) is 9.31. The molecular formula is C20H30. The molecule has 0 aromatic rings. The van der Waals surface area contributed by atoms with Crippen molar-refractivity contribution >= 4 is 0 Å². The molecule has 0 amide bonds. The van der Waals surface area contributed by atoms with E-state index in [4.69, 9.17) is 0 Å². The second kappa shape index (κ2) is 4.36. The van der Waals surface area contributed by atoms with Gasteiger partial charge in [0.05, 0.1) is 0 Å². The minimum atomic E-state index is 0.212. The van der Waals surface area contributed by atoms with E-state index in [9.17, 15) is 0 Å². The lowest BCUT2D eigenvalue weighted by molar-refractivity contribution is -0.0122. The fraction of sp³-hybridized carbons (Fsp3) is 0.700. The van der Waals surface area contributed by atoms with Crippen LogP contribution >= 0.6 is 0 Å². The summed E-state index contributed by atoms with van der Waals surface area (Å²) in [6.07, 6.45) is 16.4. The van der Waals surface area contributed by atoms with Gasteiger partial charge in [0.25, 0.3) is 0 Å². The van der Waals surface area contributed by atoms with E-state index in [0.717, 1.165) is 11.8 Å². The van der Waals surface area contributed by atoms with Gasteiger partial charge in [-0.2, -0.15) is 0 Å². The first kappa shape index (κ1) is 14.2. The first-order valence-electron chi connectivity index (χ1n) is 8.35. The van der Waals surface area contributed by atoms with Gasteiger partial charge in [-0.05, 0) is 53.9 Å². The standard InChI is InChI=1S/C20H30/c1-6-19(4)13-10-16-15(14-19)8-9-17-18(2,3)11-7-12-20(16,17)5/h6,8-9,14,16-17H,1,7,10-13H2,2-5H3/t16-,17-,19-,20+/m0/s1. The summed E-state index contributed by atoms with van der Waals surface area (Å²) >= 11 is 0. The van der Waals surface area contributed by atoms with E-state index in [1.807, 2.05) is 0 Å². The molecule has 20 heavy (non-hydrogen) atoms.